The molecule has 2 fully saturated rings. The highest BCUT2D eigenvalue weighted by Crippen LogP contribution is 2.48. The normalized spacial score (nSPS) is 40.9. The maximum Gasteiger partial charge on any atom is 0.135 e. The molecule has 0 spiro atoms. The van der Waals surface area contributed by atoms with Crippen molar-refractivity contribution in [1.29, 1.82) is 0 Å². The van der Waals surface area contributed by atoms with Crippen molar-refractivity contribution in [3.8, 4) is 0 Å². The molecule has 1 aliphatic heterocycles. The summed E-state index contributed by atoms with van der Waals surface area (Å²) in [6.07, 6.45) is 6.37. The van der Waals surface area contributed by atoms with Crippen molar-refractivity contribution in [1.82, 2.24) is 5.32 Å². The van der Waals surface area contributed by atoms with Crippen molar-refractivity contribution in [2.75, 3.05) is 7.05 Å². The summed E-state index contributed by atoms with van der Waals surface area (Å²) in [5, 5.41) is 3.17. The minimum absolute atomic E-state index is 0.359. The Kier molecular flexibility index (Phi) is 1.69. The van der Waals surface area contributed by atoms with Crippen LogP contribution < -0.4 is 5.32 Å². The third-order valence-electron chi connectivity index (χ3n) is 3.21. The van der Waals surface area contributed by atoms with Crippen LogP contribution in [-0.4, -0.2) is 19.4 Å². The van der Waals surface area contributed by atoms with Crippen LogP contribution in [-0.2, 0) is 4.74 Å². The molecule has 1 heterocycles. The Morgan fingerprint density at radius 2 is 2.00 bits per heavy atom. The highest BCUT2D eigenvalue weighted by atomic mass is 16.6. The summed E-state index contributed by atoms with van der Waals surface area (Å²) < 4.78 is 5.54. The zero-order valence-corrected chi connectivity index (χ0v) is 7.39. The lowest BCUT2D eigenvalue weighted by Crippen LogP contribution is -2.25. The van der Waals surface area contributed by atoms with Crippen molar-refractivity contribution >= 4 is 0 Å². The van der Waals surface area contributed by atoms with E-state index in [9.17, 15) is 0 Å². The van der Waals surface area contributed by atoms with Crippen LogP contribution in [0.4, 0.5) is 0 Å². The monoisotopic (exact) mass is 155 g/mol. The highest BCUT2D eigenvalue weighted by molar-refractivity contribution is 4.98. The average molecular weight is 155 g/mol. The Labute approximate surface area is 68.3 Å². The molecule has 0 radical (unpaired) electrons. The molecule has 0 aromatic carbocycles. The van der Waals surface area contributed by atoms with Gasteiger partial charge in [-0.3, -0.25) is 5.32 Å². The first-order valence-electron chi connectivity index (χ1n) is 4.59. The maximum atomic E-state index is 5.54. The van der Waals surface area contributed by atoms with Gasteiger partial charge in [0, 0.05) is 0 Å². The van der Waals surface area contributed by atoms with E-state index in [1.54, 1.807) is 0 Å². The van der Waals surface area contributed by atoms with E-state index in [0.29, 0.717) is 17.7 Å². The van der Waals surface area contributed by atoms with Gasteiger partial charge in [-0.15, -0.1) is 0 Å². The van der Waals surface area contributed by atoms with Gasteiger partial charge >= 0.3 is 0 Å². The number of likely N-dealkylation sites (N-methyl/N-ethyl adjacent to an activating group) is 1. The number of hydrogen-bond acceptors (Lipinski definition) is 2. The summed E-state index contributed by atoms with van der Waals surface area (Å²) in [6.45, 7) is 2.36. The van der Waals surface area contributed by atoms with E-state index in [4.69, 9.17) is 4.74 Å². The second-order valence-corrected chi connectivity index (χ2v) is 4.13. The standard InChI is InChI=1S/C9H17NO/c1-9(5-3-4-6-9)7-8(10-2)11-7/h7-8,10H,3-6H2,1-2H3. The molecule has 1 saturated carbocycles. The number of rotatable bonds is 2. The predicted molar refractivity (Wildman–Crippen MR) is 44.3 cm³/mol. The first kappa shape index (κ1) is 7.56. The molecule has 11 heavy (non-hydrogen) atoms. The molecule has 1 aliphatic carbocycles. The lowest BCUT2D eigenvalue weighted by molar-refractivity contribution is 0.223. The van der Waals surface area contributed by atoms with Crippen LogP contribution in [0.1, 0.15) is 32.6 Å². The van der Waals surface area contributed by atoms with E-state index in [1.807, 2.05) is 7.05 Å². The topological polar surface area (TPSA) is 24.6 Å². The van der Waals surface area contributed by atoms with Gasteiger partial charge in [-0.1, -0.05) is 19.8 Å². The van der Waals surface area contributed by atoms with Crippen LogP contribution >= 0.6 is 0 Å². The molecule has 1 N–H and O–H groups in total. The fourth-order valence-corrected chi connectivity index (χ4v) is 2.33. The number of ether oxygens (including phenoxy) is 1. The first-order valence-corrected chi connectivity index (χ1v) is 4.59. The summed E-state index contributed by atoms with van der Waals surface area (Å²) >= 11 is 0. The molecule has 2 atom stereocenters. The Bertz CT molecular complexity index is 152. The van der Waals surface area contributed by atoms with Crippen LogP contribution in [0, 0.1) is 5.41 Å². The highest BCUT2D eigenvalue weighted by Gasteiger charge is 2.52. The molecule has 2 unspecified atom stereocenters. The van der Waals surface area contributed by atoms with Gasteiger partial charge in [0.15, 0.2) is 0 Å². The quantitative estimate of drug-likeness (QED) is 0.611. The second-order valence-electron chi connectivity index (χ2n) is 4.13. The smallest absolute Gasteiger partial charge is 0.135 e. The average Bonchev–Trinajstić information content (AvgIpc) is 2.70. The van der Waals surface area contributed by atoms with Crippen molar-refractivity contribution in [3.05, 3.63) is 0 Å². The molecule has 2 heteroatoms. The van der Waals surface area contributed by atoms with Crippen molar-refractivity contribution in [2.45, 2.75) is 44.9 Å². The van der Waals surface area contributed by atoms with Crippen molar-refractivity contribution < 1.29 is 4.74 Å². The zero-order valence-electron chi connectivity index (χ0n) is 7.39. The molecule has 0 amide bonds. The summed E-state index contributed by atoms with van der Waals surface area (Å²) in [5.74, 6) is 0. The molecule has 2 rings (SSSR count). The molecule has 64 valence electrons. The van der Waals surface area contributed by atoms with E-state index in [-0.39, 0.29) is 0 Å². The van der Waals surface area contributed by atoms with Gasteiger partial charge in [-0.05, 0) is 25.3 Å². The Balaban J connectivity index is 1.94. The van der Waals surface area contributed by atoms with Gasteiger partial charge in [-0.2, -0.15) is 0 Å². The molecule has 2 nitrogen and oxygen atoms in total. The van der Waals surface area contributed by atoms with E-state index < -0.39 is 0 Å². The van der Waals surface area contributed by atoms with Gasteiger partial charge in [-0.25, -0.2) is 0 Å². The third kappa shape index (κ3) is 1.18. The van der Waals surface area contributed by atoms with E-state index in [1.165, 1.54) is 25.7 Å². The van der Waals surface area contributed by atoms with Crippen LogP contribution in [0.5, 0.6) is 0 Å². The molecule has 0 bridgehead atoms. The van der Waals surface area contributed by atoms with Gasteiger partial charge in [0.05, 0.1) is 0 Å². The second kappa shape index (κ2) is 2.46. The summed E-state index contributed by atoms with van der Waals surface area (Å²) in [6, 6.07) is 0. The number of nitrogens with one attached hydrogen (secondary N) is 1. The number of epoxide rings is 1. The molecule has 1 saturated heterocycles. The fraction of sp³-hybridized carbons (Fsp3) is 1.00. The summed E-state index contributed by atoms with van der Waals surface area (Å²) in [5.41, 5.74) is 0.494. The van der Waals surface area contributed by atoms with Gasteiger partial charge in [0.1, 0.15) is 12.3 Å². The van der Waals surface area contributed by atoms with E-state index in [0.717, 1.165) is 0 Å². The van der Waals surface area contributed by atoms with Gasteiger partial charge in [0.2, 0.25) is 0 Å². The van der Waals surface area contributed by atoms with Crippen LogP contribution in [0.25, 0.3) is 0 Å². The largest absolute Gasteiger partial charge is 0.353 e. The van der Waals surface area contributed by atoms with Crippen LogP contribution in [0.2, 0.25) is 0 Å². The van der Waals surface area contributed by atoms with Crippen LogP contribution in [0.3, 0.4) is 0 Å². The fourth-order valence-electron chi connectivity index (χ4n) is 2.33. The van der Waals surface area contributed by atoms with E-state index >= 15 is 0 Å². The van der Waals surface area contributed by atoms with E-state index in [2.05, 4.69) is 12.2 Å². The van der Waals surface area contributed by atoms with Crippen molar-refractivity contribution in [3.63, 3.8) is 0 Å². The molecule has 0 aromatic heterocycles. The zero-order chi connectivity index (χ0) is 7.90. The Morgan fingerprint density at radius 3 is 2.45 bits per heavy atom. The Hall–Kier alpha value is -0.0800. The Morgan fingerprint density at radius 1 is 1.36 bits per heavy atom. The summed E-state index contributed by atoms with van der Waals surface area (Å²) in [4.78, 5) is 0. The lowest BCUT2D eigenvalue weighted by atomic mass is 9.85. The molecular weight excluding hydrogens is 138 g/mol. The van der Waals surface area contributed by atoms with Crippen molar-refractivity contribution in [2.24, 2.45) is 5.41 Å². The SMILES string of the molecule is CNC1OC1C1(C)CCCC1. The minimum atomic E-state index is 0.359. The van der Waals surface area contributed by atoms with Gasteiger partial charge in [0.25, 0.3) is 0 Å². The number of hydrogen-bond donors (Lipinski definition) is 1. The lowest BCUT2D eigenvalue weighted by Gasteiger charge is -2.20. The first-order chi connectivity index (χ1) is 5.26. The summed E-state index contributed by atoms with van der Waals surface area (Å²) in [7, 11) is 1.98. The predicted octanol–water partition coefficient (Wildman–Crippen LogP) is 1.51. The minimum Gasteiger partial charge on any atom is -0.353 e. The van der Waals surface area contributed by atoms with Crippen LogP contribution in [0.15, 0.2) is 0 Å². The molecular formula is C9H17NO. The third-order valence-corrected chi connectivity index (χ3v) is 3.21. The molecule has 0 aromatic rings. The van der Waals surface area contributed by atoms with Gasteiger partial charge < -0.3 is 4.74 Å². The molecule has 2 aliphatic rings. The maximum absolute atomic E-state index is 5.54.